The number of aromatic nitrogens is 1. The minimum atomic E-state index is -0.601. The molecule has 9 heteroatoms. The molecule has 0 bridgehead atoms. The third-order valence-corrected chi connectivity index (χ3v) is 6.93. The van der Waals surface area contributed by atoms with E-state index < -0.39 is 18.0 Å². The topological polar surface area (TPSA) is 87.0 Å². The molecule has 0 spiro atoms. The number of benzene rings is 1. The first kappa shape index (κ1) is 22.9. The van der Waals surface area contributed by atoms with Crippen molar-refractivity contribution in [3.63, 3.8) is 0 Å². The summed E-state index contributed by atoms with van der Waals surface area (Å²) in [4.78, 5) is 44.1. The molecular formula is C24H22N2O5S2. The van der Waals surface area contributed by atoms with Crippen LogP contribution >= 0.6 is 22.7 Å². The van der Waals surface area contributed by atoms with Gasteiger partial charge in [-0.25, -0.2) is 14.6 Å². The Morgan fingerprint density at radius 3 is 2.48 bits per heavy atom. The SMILES string of the molecule is COC(=O)c1ccc(/C=c2/sc3n(c2=O)[C@@H](c2cccs2)C(C(=O)OC(C)C)=C(C)N=3)cc1. The van der Waals surface area contributed by atoms with E-state index in [4.69, 9.17) is 9.47 Å². The van der Waals surface area contributed by atoms with Gasteiger partial charge in [0.25, 0.3) is 5.56 Å². The number of methoxy groups -OCH3 is 1. The summed E-state index contributed by atoms with van der Waals surface area (Å²) in [7, 11) is 1.33. The highest BCUT2D eigenvalue weighted by Gasteiger charge is 2.34. The van der Waals surface area contributed by atoms with E-state index in [2.05, 4.69) is 4.99 Å². The average Bonchev–Trinajstić information content (AvgIpc) is 3.41. The van der Waals surface area contributed by atoms with Crippen LogP contribution < -0.4 is 14.9 Å². The molecule has 0 amide bonds. The largest absolute Gasteiger partial charge is 0.465 e. The van der Waals surface area contributed by atoms with E-state index in [-0.39, 0.29) is 11.7 Å². The maximum atomic E-state index is 13.5. The molecule has 1 atom stereocenters. The molecule has 170 valence electrons. The monoisotopic (exact) mass is 482 g/mol. The zero-order valence-electron chi connectivity index (χ0n) is 18.5. The van der Waals surface area contributed by atoms with Gasteiger partial charge < -0.3 is 9.47 Å². The van der Waals surface area contributed by atoms with Crippen molar-refractivity contribution in [2.45, 2.75) is 32.9 Å². The number of esters is 2. The Hall–Kier alpha value is -3.30. The number of hydrogen-bond donors (Lipinski definition) is 0. The van der Waals surface area contributed by atoms with E-state index in [1.165, 1.54) is 29.8 Å². The van der Waals surface area contributed by atoms with E-state index in [9.17, 15) is 14.4 Å². The van der Waals surface area contributed by atoms with Crippen LogP contribution in [0.15, 0.2) is 62.8 Å². The molecular weight excluding hydrogens is 460 g/mol. The van der Waals surface area contributed by atoms with Crippen LogP contribution in [0.5, 0.6) is 0 Å². The second kappa shape index (κ2) is 9.29. The highest BCUT2D eigenvalue weighted by Crippen LogP contribution is 2.33. The van der Waals surface area contributed by atoms with Crippen LogP contribution in [-0.4, -0.2) is 29.7 Å². The predicted octanol–water partition coefficient (Wildman–Crippen LogP) is 3.03. The van der Waals surface area contributed by atoms with Crippen molar-refractivity contribution in [3.8, 4) is 0 Å². The lowest BCUT2D eigenvalue weighted by atomic mass is 10.0. The van der Waals surface area contributed by atoms with Crippen LogP contribution in [0.25, 0.3) is 6.08 Å². The van der Waals surface area contributed by atoms with Gasteiger partial charge in [-0.05, 0) is 56.0 Å². The van der Waals surface area contributed by atoms with Gasteiger partial charge >= 0.3 is 11.9 Å². The van der Waals surface area contributed by atoms with Crippen molar-refractivity contribution in [3.05, 3.63) is 88.7 Å². The van der Waals surface area contributed by atoms with E-state index in [0.717, 1.165) is 10.4 Å². The molecule has 7 nitrogen and oxygen atoms in total. The standard InChI is InChI=1S/C24H22N2O5S2/c1-13(2)31-23(29)19-14(3)25-24-26(20(19)17-6-5-11-32-17)21(27)18(33-24)12-15-7-9-16(10-8-15)22(28)30-4/h5-13,20H,1-4H3/b18-12+/t20-/m0/s1. The van der Waals surface area contributed by atoms with Gasteiger partial charge in [-0.3, -0.25) is 9.36 Å². The molecule has 33 heavy (non-hydrogen) atoms. The lowest BCUT2D eigenvalue weighted by molar-refractivity contribution is -0.143. The average molecular weight is 483 g/mol. The summed E-state index contributed by atoms with van der Waals surface area (Å²) in [6, 6.07) is 9.98. The highest BCUT2D eigenvalue weighted by molar-refractivity contribution is 7.10. The van der Waals surface area contributed by atoms with Gasteiger partial charge in [0, 0.05) is 4.88 Å². The first-order valence-corrected chi connectivity index (χ1v) is 11.9. The smallest absolute Gasteiger partial charge is 0.338 e. The Balaban J connectivity index is 1.84. The molecule has 1 aliphatic heterocycles. The van der Waals surface area contributed by atoms with E-state index >= 15 is 0 Å². The van der Waals surface area contributed by atoms with E-state index in [1.807, 2.05) is 17.5 Å². The second-order valence-electron chi connectivity index (χ2n) is 7.66. The Labute approximate surface area is 197 Å². The fraction of sp³-hybridized carbons (Fsp3) is 0.250. The summed E-state index contributed by atoms with van der Waals surface area (Å²) in [6.45, 7) is 5.34. The Bertz CT molecular complexity index is 1410. The fourth-order valence-corrected chi connectivity index (χ4v) is 5.43. The molecule has 0 N–H and O–H groups in total. The van der Waals surface area contributed by atoms with Crippen LogP contribution in [0, 0.1) is 0 Å². The number of allylic oxidation sites excluding steroid dienone is 1. The van der Waals surface area contributed by atoms with E-state index in [1.54, 1.807) is 55.7 Å². The summed E-state index contributed by atoms with van der Waals surface area (Å²) in [5.41, 5.74) is 1.85. The molecule has 3 aromatic rings. The number of ether oxygens (including phenoxy) is 2. The lowest BCUT2D eigenvalue weighted by Gasteiger charge is -2.24. The molecule has 0 fully saturated rings. The number of hydrogen-bond acceptors (Lipinski definition) is 8. The predicted molar refractivity (Wildman–Crippen MR) is 127 cm³/mol. The van der Waals surface area contributed by atoms with Crippen molar-refractivity contribution < 1.29 is 19.1 Å². The maximum absolute atomic E-state index is 13.5. The molecule has 2 aromatic heterocycles. The van der Waals surface area contributed by atoms with Crippen molar-refractivity contribution >= 4 is 40.7 Å². The summed E-state index contributed by atoms with van der Waals surface area (Å²) >= 11 is 2.73. The normalized spacial score (nSPS) is 15.9. The van der Waals surface area contributed by atoms with Crippen molar-refractivity contribution in [1.82, 2.24) is 4.57 Å². The number of rotatable bonds is 5. The molecule has 4 rings (SSSR count). The van der Waals surface area contributed by atoms with Crippen molar-refractivity contribution in [2.24, 2.45) is 4.99 Å². The number of thiazole rings is 1. The second-order valence-corrected chi connectivity index (χ2v) is 9.65. The molecule has 0 unspecified atom stereocenters. The van der Waals surface area contributed by atoms with E-state index in [0.29, 0.717) is 26.2 Å². The quantitative estimate of drug-likeness (QED) is 0.522. The van der Waals surface area contributed by atoms with Crippen LogP contribution in [-0.2, 0) is 14.3 Å². The van der Waals surface area contributed by atoms with Crippen molar-refractivity contribution in [2.75, 3.05) is 7.11 Å². The van der Waals surface area contributed by atoms with Crippen LogP contribution in [0.2, 0.25) is 0 Å². The van der Waals surface area contributed by atoms with Crippen LogP contribution in [0.4, 0.5) is 0 Å². The number of fused-ring (bicyclic) bond motifs is 1. The van der Waals surface area contributed by atoms with Gasteiger partial charge in [-0.15, -0.1) is 11.3 Å². The zero-order chi connectivity index (χ0) is 23.7. The number of thiophene rings is 1. The molecule has 0 aliphatic carbocycles. The van der Waals surface area contributed by atoms with Gasteiger partial charge in [0.1, 0.15) is 6.04 Å². The van der Waals surface area contributed by atoms with Crippen LogP contribution in [0.3, 0.4) is 0 Å². The van der Waals surface area contributed by atoms with Gasteiger partial charge in [-0.2, -0.15) is 0 Å². The number of nitrogens with zero attached hydrogens (tertiary/aromatic N) is 2. The lowest BCUT2D eigenvalue weighted by Crippen LogP contribution is -2.39. The Morgan fingerprint density at radius 2 is 1.88 bits per heavy atom. The summed E-state index contributed by atoms with van der Waals surface area (Å²) in [5.74, 6) is -0.898. The minimum absolute atomic E-state index is 0.239. The maximum Gasteiger partial charge on any atom is 0.338 e. The molecule has 0 saturated heterocycles. The number of carbonyl (C=O) groups is 2. The summed E-state index contributed by atoms with van der Waals surface area (Å²) in [6.07, 6.45) is 1.46. The molecule has 1 aliphatic rings. The third kappa shape index (κ3) is 4.46. The summed E-state index contributed by atoms with van der Waals surface area (Å²) < 4.78 is 12.2. The van der Waals surface area contributed by atoms with Crippen molar-refractivity contribution in [1.29, 1.82) is 0 Å². The van der Waals surface area contributed by atoms with Gasteiger partial charge in [0.05, 0.1) is 34.6 Å². The first-order chi connectivity index (χ1) is 15.8. The minimum Gasteiger partial charge on any atom is -0.465 e. The Kier molecular flexibility index (Phi) is 6.44. The van der Waals surface area contributed by atoms with Crippen LogP contribution in [0.1, 0.15) is 47.6 Å². The molecule has 1 aromatic carbocycles. The zero-order valence-corrected chi connectivity index (χ0v) is 20.2. The molecule has 0 saturated carbocycles. The molecule has 0 radical (unpaired) electrons. The number of carbonyl (C=O) groups excluding carboxylic acids is 2. The fourth-order valence-electron chi connectivity index (χ4n) is 3.56. The van der Waals surface area contributed by atoms with Gasteiger partial charge in [0.15, 0.2) is 4.80 Å². The first-order valence-electron chi connectivity index (χ1n) is 10.3. The van der Waals surface area contributed by atoms with Gasteiger partial charge in [-0.1, -0.05) is 29.5 Å². The van der Waals surface area contributed by atoms with Gasteiger partial charge in [0.2, 0.25) is 0 Å². The Morgan fingerprint density at radius 1 is 1.15 bits per heavy atom. The summed E-state index contributed by atoms with van der Waals surface area (Å²) in [5, 5.41) is 1.91. The highest BCUT2D eigenvalue weighted by atomic mass is 32.1. The molecule has 3 heterocycles. The third-order valence-electron chi connectivity index (χ3n) is 5.03.